The summed E-state index contributed by atoms with van der Waals surface area (Å²) in [4.78, 5) is 35.9. The second-order valence-corrected chi connectivity index (χ2v) is 8.33. The summed E-state index contributed by atoms with van der Waals surface area (Å²) in [7, 11) is 1.48. The van der Waals surface area contributed by atoms with Gasteiger partial charge in [0.25, 0.3) is 11.1 Å². The highest BCUT2D eigenvalue weighted by Gasteiger charge is 2.36. The summed E-state index contributed by atoms with van der Waals surface area (Å²) in [5, 5.41) is 8.81. The van der Waals surface area contributed by atoms with Gasteiger partial charge in [-0.05, 0) is 57.5 Å². The Kier molecular flexibility index (Phi) is 7.06. The van der Waals surface area contributed by atoms with Gasteiger partial charge in [0, 0.05) is 10.6 Å². The predicted octanol–water partition coefficient (Wildman–Crippen LogP) is 4.81. The van der Waals surface area contributed by atoms with Crippen LogP contribution in [0.5, 0.6) is 11.5 Å². The van der Waals surface area contributed by atoms with Crippen molar-refractivity contribution in [1.29, 1.82) is 0 Å². The number of imide groups is 1. The number of rotatable bonds is 7. The van der Waals surface area contributed by atoms with Crippen molar-refractivity contribution in [1.82, 2.24) is 4.90 Å². The number of benzene rings is 2. The Morgan fingerprint density at radius 1 is 1.30 bits per heavy atom. The Morgan fingerprint density at radius 3 is 2.70 bits per heavy atom. The molecular formula is C20H15BrClNO6S. The van der Waals surface area contributed by atoms with Gasteiger partial charge in [0.1, 0.15) is 13.2 Å². The highest BCUT2D eigenvalue weighted by molar-refractivity contribution is 9.10. The third-order valence-electron chi connectivity index (χ3n) is 4.05. The van der Waals surface area contributed by atoms with Crippen molar-refractivity contribution in [2.45, 2.75) is 6.61 Å². The molecule has 0 unspecified atom stereocenters. The molecule has 30 heavy (non-hydrogen) atoms. The number of ether oxygens (including phenoxy) is 2. The zero-order valence-corrected chi connectivity index (χ0v) is 18.7. The normalized spacial score (nSPS) is 15.0. The van der Waals surface area contributed by atoms with Crippen LogP contribution in [-0.2, 0) is 16.2 Å². The van der Waals surface area contributed by atoms with Gasteiger partial charge in [-0.3, -0.25) is 19.3 Å². The molecule has 0 saturated carbocycles. The molecule has 156 valence electrons. The Bertz CT molecular complexity index is 1060. The van der Waals surface area contributed by atoms with Gasteiger partial charge < -0.3 is 14.6 Å². The Balaban J connectivity index is 1.84. The number of carbonyl (C=O) groups is 3. The van der Waals surface area contributed by atoms with E-state index >= 15 is 0 Å². The Labute approximate surface area is 189 Å². The van der Waals surface area contributed by atoms with Crippen LogP contribution in [-0.4, -0.2) is 40.8 Å². The molecule has 7 nitrogen and oxygen atoms in total. The first-order chi connectivity index (χ1) is 14.3. The minimum Gasteiger partial charge on any atom is -0.493 e. The van der Waals surface area contributed by atoms with Crippen LogP contribution in [0.4, 0.5) is 4.79 Å². The number of hydrogen-bond donors (Lipinski definition) is 1. The van der Waals surface area contributed by atoms with Crippen LogP contribution >= 0.6 is 39.3 Å². The molecule has 1 aliphatic rings. The van der Waals surface area contributed by atoms with Crippen LogP contribution in [0.1, 0.15) is 11.1 Å². The van der Waals surface area contributed by atoms with Gasteiger partial charge >= 0.3 is 5.97 Å². The number of methoxy groups -OCH3 is 1. The number of aliphatic carboxylic acids is 1. The summed E-state index contributed by atoms with van der Waals surface area (Å²) >= 11 is 10.3. The Hall–Kier alpha value is -2.49. The molecule has 1 heterocycles. The fraction of sp³-hybridized carbons (Fsp3) is 0.150. The number of carboxylic acids is 1. The maximum absolute atomic E-state index is 12.3. The van der Waals surface area contributed by atoms with Crippen molar-refractivity contribution >= 4 is 62.5 Å². The van der Waals surface area contributed by atoms with Gasteiger partial charge in [-0.1, -0.05) is 29.8 Å². The zero-order valence-electron chi connectivity index (χ0n) is 15.6. The average molecular weight is 513 g/mol. The van der Waals surface area contributed by atoms with Gasteiger partial charge in [-0.2, -0.15) is 0 Å². The van der Waals surface area contributed by atoms with Gasteiger partial charge in [0.05, 0.1) is 16.5 Å². The lowest BCUT2D eigenvalue weighted by atomic mass is 10.1. The smallest absolute Gasteiger partial charge is 0.323 e. The van der Waals surface area contributed by atoms with E-state index in [9.17, 15) is 14.4 Å². The van der Waals surface area contributed by atoms with Crippen LogP contribution in [0.15, 0.2) is 45.8 Å². The van der Waals surface area contributed by atoms with E-state index in [0.717, 1.165) is 5.56 Å². The summed E-state index contributed by atoms with van der Waals surface area (Å²) in [6.07, 6.45) is 1.50. The predicted molar refractivity (Wildman–Crippen MR) is 117 cm³/mol. The number of hydrogen-bond acceptors (Lipinski definition) is 6. The zero-order chi connectivity index (χ0) is 21.8. The molecule has 2 amide bonds. The lowest BCUT2D eigenvalue weighted by Crippen LogP contribution is -2.33. The van der Waals surface area contributed by atoms with Crippen molar-refractivity contribution in [2.24, 2.45) is 0 Å². The fourth-order valence-corrected chi connectivity index (χ4v) is 4.25. The van der Waals surface area contributed by atoms with Crippen LogP contribution < -0.4 is 9.47 Å². The molecule has 1 N–H and O–H groups in total. The first kappa shape index (κ1) is 22.2. The van der Waals surface area contributed by atoms with Crippen LogP contribution in [0.25, 0.3) is 6.08 Å². The Morgan fingerprint density at radius 2 is 2.03 bits per heavy atom. The summed E-state index contributed by atoms with van der Waals surface area (Å²) in [6.45, 7) is -0.452. The number of carboxylic acid groups (broad SMARTS) is 1. The van der Waals surface area contributed by atoms with Gasteiger partial charge in [-0.15, -0.1) is 0 Å². The van der Waals surface area contributed by atoms with Gasteiger partial charge in [-0.25, -0.2) is 0 Å². The molecule has 0 atom stereocenters. The molecule has 0 bridgehead atoms. The molecule has 0 aliphatic carbocycles. The molecule has 2 aromatic carbocycles. The van der Waals surface area contributed by atoms with Gasteiger partial charge in [0.2, 0.25) is 0 Å². The number of amides is 2. The van der Waals surface area contributed by atoms with E-state index < -0.39 is 23.7 Å². The first-order valence-electron chi connectivity index (χ1n) is 8.51. The highest BCUT2D eigenvalue weighted by Crippen LogP contribution is 2.39. The molecule has 3 rings (SSSR count). The van der Waals surface area contributed by atoms with E-state index in [2.05, 4.69) is 15.9 Å². The van der Waals surface area contributed by atoms with E-state index in [1.54, 1.807) is 18.2 Å². The van der Waals surface area contributed by atoms with Gasteiger partial charge in [0.15, 0.2) is 11.5 Å². The summed E-state index contributed by atoms with van der Waals surface area (Å²) in [6, 6.07) is 10.7. The number of thioether (sulfide) groups is 1. The fourth-order valence-electron chi connectivity index (χ4n) is 2.65. The largest absolute Gasteiger partial charge is 0.493 e. The molecule has 2 aromatic rings. The second-order valence-electron chi connectivity index (χ2n) is 6.08. The van der Waals surface area contributed by atoms with E-state index in [1.165, 1.54) is 13.2 Å². The maximum Gasteiger partial charge on any atom is 0.323 e. The van der Waals surface area contributed by atoms with Crippen LogP contribution in [0, 0.1) is 0 Å². The van der Waals surface area contributed by atoms with E-state index in [1.807, 2.05) is 18.2 Å². The van der Waals surface area contributed by atoms with Crippen molar-refractivity contribution in [3.05, 3.63) is 61.9 Å². The first-order valence-corrected chi connectivity index (χ1v) is 10.5. The van der Waals surface area contributed by atoms with Crippen molar-refractivity contribution in [2.75, 3.05) is 13.7 Å². The average Bonchev–Trinajstić information content (AvgIpc) is 2.95. The third-order valence-corrected chi connectivity index (χ3v) is 5.91. The van der Waals surface area contributed by atoms with E-state index in [4.69, 9.17) is 26.2 Å². The van der Waals surface area contributed by atoms with Crippen LogP contribution in [0.2, 0.25) is 5.02 Å². The molecule has 1 saturated heterocycles. The third kappa shape index (κ3) is 4.97. The molecule has 0 aromatic heterocycles. The summed E-state index contributed by atoms with van der Waals surface area (Å²) in [5.41, 5.74) is 1.38. The van der Waals surface area contributed by atoms with E-state index in [-0.39, 0.29) is 11.5 Å². The monoisotopic (exact) mass is 511 g/mol. The highest BCUT2D eigenvalue weighted by atomic mass is 79.9. The van der Waals surface area contributed by atoms with Crippen LogP contribution in [0.3, 0.4) is 0 Å². The minimum atomic E-state index is -1.26. The molecule has 1 fully saturated rings. The summed E-state index contributed by atoms with van der Waals surface area (Å²) < 4.78 is 11.9. The van der Waals surface area contributed by atoms with Crippen molar-refractivity contribution < 1.29 is 29.0 Å². The minimum absolute atomic E-state index is 0.125. The standard InChI is InChI=1S/C20H15BrClNO6S/c1-28-15-7-11(8-16-19(26)23(9-17(24)25)20(27)30-16)6-13(21)18(15)29-10-12-4-2-3-5-14(12)22/h2-8H,9-10H2,1H3,(H,24,25)/b16-8-. The molecule has 0 spiro atoms. The molecule has 0 radical (unpaired) electrons. The maximum atomic E-state index is 12.3. The molecule has 10 heteroatoms. The quantitative estimate of drug-likeness (QED) is 0.532. The lowest BCUT2D eigenvalue weighted by molar-refractivity contribution is -0.140. The number of carbonyl (C=O) groups excluding carboxylic acids is 2. The topological polar surface area (TPSA) is 93.1 Å². The second kappa shape index (κ2) is 9.55. The lowest BCUT2D eigenvalue weighted by Gasteiger charge is -2.14. The number of halogens is 2. The SMILES string of the molecule is COc1cc(/C=C2\SC(=O)N(CC(=O)O)C2=O)cc(Br)c1OCc1ccccc1Cl. The van der Waals surface area contributed by atoms with E-state index in [0.29, 0.717) is 43.2 Å². The number of nitrogens with zero attached hydrogens (tertiary/aromatic N) is 1. The van der Waals surface area contributed by atoms with Crippen molar-refractivity contribution in [3.8, 4) is 11.5 Å². The van der Waals surface area contributed by atoms with Crippen molar-refractivity contribution in [3.63, 3.8) is 0 Å². The molecule has 1 aliphatic heterocycles. The summed E-state index contributed by atoms with van der Waals surface area (Å²) in [5.74, 6) is -1.05. The molecular weight excluding hydrogens is 498 g/mol.